The lowest BCUT2D eigenvalue weighted by atomic mass is 9.74. The largest absolute Gasteiger partial charge is 0.744 e. The molecule has 0 radical (unpaired) electrons. The van der Waals surface area contributed by atoms with Crippen LogP contribution in [0.4, 0.5) is 11.4 Å². The van der Waals surface area contributed by atoms with Crippen LogP contribution in [0.1, 0.15) is 76.3 Å². The van der Waals surface area contributed by atoms with Crippen molar-refractivity contribution in [3.05, 3.63) is 95.7 Å². The van der Waals surface area contributed by atoms with Gasteiger partial charge in [-0.2, -0.15) is 46.7 Å². The third kappa shape index (κ3) is 19.7. The van der Waals surface area contributed by atoms with Gasteiger partial charge in [0.25, 0.3) is 50.6 Å². The first-order chi connectivity index (χ1) is 42.0. The van der Waals surface area contributed by atoms with Crippen LogP contribution in [0.5, 0.6) is 0 Å². The number of unbranched alkanes of at least 4 members (excludes halogenated alkanes) is 2. The van der Waals surface area contributed by atoms with Gasteiger partial charge in [0.2, 0.25) is 5.69 Å². The average molecular weight is 1380 g/mol. The maximum absolute atomic E-state index is 12.9. The number of nitrogens with zero attached hydrogens (tertiary/aromatic N) is 2. The van der Waals surface area contributed by atoms with E-state index >= 15 is 0 Å². The van der Waals surface area contributed by atoms with Crippen molar-refractivity contribution in [2.24, 2.45) is 0 Å². The predicted molar refractivity (Wildman–Crippen MR) is 327 cm³/mol. The Morgan fingerprint density at radius 1 is 0.556 bits per heavy atom. The molecule has 2 aliphatic rings. The molecule has 0 fully saturated rings. The first kappa shape index (κ1) is 73.8. The number of aliphatic carboxylic acids is 1. The molecule has 90 heavy (non-hydrogen) atoms. The molecule has 0 saturated heterocycles. The van der Waals surface area contributed by atoms with E-state index in [9.17, 15) is 87.7 Å². The predicted octanol–water partition coefficient (Wildman–Crippen LogP) is 5.48. The number of allylic oxidation sites excluding steroid dienone is 6. The Labute approximate surface area is 523 Å². The Hall–Kier alpha value is -5.22. The molecule has 0 bridgehead atoms. The molecule has 500 valence electrons. The average Bonchev–Trinajstić information content (AvgIpc) is 1.52. The standard InChI is InChI=1S/C56H74N2O26S6/c1-55(19-10-34-85(61,62)63)50(58(22-11-35-86(64,65)66)46-17-15-42-44(53(46)55)36-40(87(67,68)69)38-48(42)89(73,74)75)12-6-4-7-13-51-56(2,20-23-80-26-27-82-30-31-84-33-32-83-29-28-81-25-24-79-3)54-45-37-41(88(70,71)72)39-49(90(76,77)78)43(45)16-18-47(54)57(51)21-9-5-8-14-52(59)60/h4,6-7,12-13,15-18,36-39H,5,8-11,14,19-35H2,1-3H3,(H6-,59,60,61,62,63,64,65,66,67,68,69,70,71,72,73,74,75,76,77,78). The second-order valence-electron chi connectivity index (χ2n) is 21.5. The Morgan fingerprint density at radius 2 is 1.07 bits per heavy atom. The second-order valence-corrected chi connectivity index (χ2v) is 30.2. The van der Waals surface area contributed by atoms with Crippen LogP contribution in [0, 0.1) is 0 Å². The van der Waals surface area contributed by atoms with Crippen molar-refractivity contribution in [3.8, 4) is 0 Å². The van der Waals surface area contributed by atoms with Crippen molar-refractivity contribution in [1.29, 1.82) is 0 Å². The molecule has 0 aromatic heterocycles. The first-order valence-electron chi connectivity index (χ1n) is 28.1. The normalized spacial score (nSPS) is 18.1. The fraction of sp³-hybridized carbons (Fsp3) is 0.500. The van der Waals surface area contributed by atoms with Crippen LogP contribution in [0.15, 0.2) is 104 Å². The third-order valence-corrected chi connectivity index (χ3v) is 20.2. The first-order valence-corrected chi connectivity index (χ1v) is 37.1. The summed E-state index contributed by atoms with van der Waals surface area (Å²) in [5, 5.41) is 8.84. The molecule has 2 atom stereocenters. The number of rotatable bonds is 39. The summed E-state index contributed by atoms with van der Waals surface area (Å²) in [7, 11) is -28.6. The number of fused-ring (bicyclic) bond motifs is 6. The van der Waals surface area contributed by atoms with Crippen molar-refractivity contribution in [1.82, 2.24) is 0 Å². The van der Waals surface area contributed by atoms with Gasteiger partial charge >= 0.3 is 5.97 Å². The molecule has 0 aliphatic carbocycles. The van der Waals surface area contributed by atoms with E-state index in [4.69, 9.17) is 28.4 Å². The topological polar surface area (TPSA) is 428 Å². The van der Waals surface area contributed by atoms with Crippen LogP contribution >= 0.6 is 0 Å². The summed E-state index contributed by atoms with van der Waals surface area (Å²) in [6.07, 6.45) is 8.20. The van der Waals surface area contributed by atoms with Gasteiger partial charge in [-0.15, -0.1) is 0 Å². The summed E-state index contributed by atoms with van der Waals surface area (Å²) in [5.41, 5.74) is -0.933. The van der Waals surface area contributed by atoms with Gasteiger partial charge in [0.15, 0.2) is 5.71 Å². The van der Waals surface area contributed by atoms with E-state index in [0.717, 1.165) is 12.1 Å². The van der Waals surface area contributed by atoms with E-state index in [1.807, 2.05) is 4.90 Å². The van der Waals surface area contributed by atoms with Gasteiger partial charge in [0.1, 0.15) is 21.6 Å². The molecular weight excluding hydrogens is 1310 g/mol. The zero-order valence-corrected chi connectivity index (χ0v) is 54.4. The molecule has 6 N–H and O–H groups in total. The van der Waals surface area contributed by atoms with Crippen molar-refractivity contribution in [2.75, 3.05) is 109 Å². The third-order valence-electron chi connectivity index (χ3n) is 15.2. The highest BCUT2D eigenvalue weighted by molar-refractivity contribution is 7.87. The fourth-order valence-corrected chi connectivity index (χ4v) is 14.9. The summed E-state index contributed by atoms with van der Waals surface area (Å²) in [6, 6.07) is 8.66. The highest BCUT2D eigenvalue weighted by Gasteiger charge is 2.49. The Balaban J connectivity index is 1.44. The molecule has 2 aliphatic heterocycles. The highest BCUT2D eigenvalue weighted by Crippen LogP contribution is 2.54. The SMILES string of the molecule is COCCOCCOCCOCCOCCOCCC1(C)\C(=C/C=C/C=C/C2=[N+](CCCS(=O)(=O)O)c3ccc4c(S(=O)(=O)O)cc(S(=O)(=O)O)cc4c3C2(C)CCCS(=O)(=O)O)N(CCCCCC(=O)O)c2ccc3c(S(=O)(=O)[O-])cc(S(=O)(=O)O)cc3c21. The molecule has 0 saturated carbocycles. The van der Waals surface area contributed by atoms with E-state index < -0.39 is 109 Å². The minimum atomic E-state index is -5.41. The number of methoxy groups -OCH3 is 1. The summed E-state index contributed by atoms with van der Waals surface area (Å²) in [4.78, 5) is 9.68. The van der Waals surface area contributed by atoms with Gasteiger partial charge < -0.3 is 43.0 Å². The van der Waals surface area contributed by atoms with Crippen molar-refractivity contribution in [2.45, 2.75) is 95.6 Å². The van der Waals surface area contributed by atoms with Crippen LogP contribution < -0.4 is 4.90 Å². The van der Waals surface area contributed by atoms with E-state index in [1.165, 1.54) is 30.4 Å². The summed E-state index contributed by atoms with van der Waals surface area (Å²) >= 11 is 0. The molecule has 28 nitrogen and oxygen atoms in total. The molecule has 4 aromatic rings. The smallest absolute Gasteiger partial charge is 0.303 e. The molecule has 0 spiro atoms. The maximum atomic E-state index is 12.9. The number of anilines is 1. The lowest BCUT2D eigenvalue weighted by molar-refractivity contribution is -0.437. The van der Waals surface area contributed by atoms with Gasteiger partial charge in [0, 0.05) is 73.0 Å². The molecule has 2 unspecified atom stereocenters. The number of hydrogen-bond acceptors (Lipinski definition) is 21. The number of carboxylic acid groups (broad SMARTS) is 1. The Bertz CT molecular complexity index is 4110. The Morgan fingerprint density at radius 3 is 1.59 bits per heavy atom. The number of carbonyl (C=O) groups is 1. The summed E-state index contributed by atoms with van der Waals surface area (Å²) in [5.74, 6) is -2.56. The van der Waals surface area contributed by atoms with Crippen LogP contribution in [0.3, 0.4) is 0 Å². The number of benzene rings is 4. The quantitative estimate of drug-likeness (QED) is 0.0139. The molecule has 4 aromatic carbocycles. The second kappa shape index (κ2) is 31.1. The number of hydrogen-bond donors (Lipinski definition) is 6. The molecular formula is C56H74N2O26S6. The van der Waals surface area contributed by atoms with Gasteiger partial charge in [-0.1, -0.05) is 30.7 Å². The zero-order chi connectivity index (χ0) is 66.5. The maximum Gasteiger partial charge on any atom is 0.303 e. The van der Waals surface area contributed by atoms with Gasteiger partial charge in [-0.25, -0.2) is 8.42 Å². The molecule has 6 rings (SSSR count). The number of ether oxygens (including phenoxy) is 6. The van der Waals surface area contributed by atoms with E-state index in [-0.39, 0.29) is 117 Å². The van der Waals surface area contributed by atoms with E-state index in [2.05, 4.69) is 0 Å². The van der Waals surface area contributed by atoms with Gasteiger partial charge in [0.05, 0.1) is 97.7 Å². The lowest BCUT2D eigenvalue weighted by Crippen LogP contribution is -2.32. The molecule has 34 heteroatoms. The van der Waals surface area contributed by atoms with Gasteiger partial charge in [-0.05, 0) is 110 Å². The number of carboxylic acids is 1. The minimum absolute atomic E-state index is 0.00851. The van der Waals surface area contributed by atoms with Crippen LogP contribution in [0.25, 0.3) is 21.5 Å². The van der Waals surface area contributed by atoms with Gasteiger partial charge in [-0.3, -0.25) is 27.6 Å². The lowest BCUT2D eigenvalue weighted by Gasteiger charge is -2.31. The Kier molecular flexibility index (Phi) is 25.5. The van der Waals surface area contributed by atoms with Crippen LogP contribution in [-0.2, 0) is 105 Å². The van der Waals surface area contributed by atoms with Crippen LogP contribution in [-0.4, -0.2) is 204 Å². The van der Waals surface area contributed by atoms with Crippen molar-refractivity contribution < 1.29 is 121 Å². The zero-order valence-electron chi connectivity index (χ0n) is 49.5. The fourth-order valence-electron chi connectivity index (χ4n) is 11.2. The van der Waals surface area contributed by atoms with Crippen LogP contribution in [0.2, 0.25) is 0 Å². The van der Waals surface area contributed by atoms with Crippen molar-refractivity contribution >= 4 is 105 Å². The monoisotopic (exact) mass is 1380 g/mol. The highest BCUT2D eigenvalue weighted by atomic mass is 32.2. The van der Waals surface area contributed by atoms with E-state index in [0.29, 0.717) is 88.0 Å². The van der Waals surface area contributed by atoms with Crippen molar-refractivity contribution in [3.63, 3.8) is 0 Å². The summed E-state index contributed by atoms with van der Waals surface area (Å²) < 4.78 is 249. The summed E-state index contributed by atoms with van der Waals surface area (Å²) in [6.45, 7) is 6.38. The molecule has 0 amide bonds. The van der Waals surface area contributed by atoms with E-state index in [1.54, 1.807) is 49.8 Å². The molecule has 2 heterocycles. The minimum Gasteiger partial charge on any atom is -0.744 e.